The Balaban J connectivity index is 2.08. The highest BCUT2D eigenvalue weighted by Gasteiger charge is 2.06. The predicted octanol–water partition coefficient (Wildman–Crippen LogP) is 0.593. The van der Waals surface area contributed by atoms with Crippen LogP contribution in [-0.4, -0.2) is 53.9 Å². The Morgan fingerprint density at radius 2 is 2.12 bits per heavy atom. The van der Waals surface area contributed by atoms with Crippen LogP contribution in [0.4, 0.5) is 0 Å². The van der Waals surface area contributed by atoms with E-state index >= 15 is 0 Å². The molecule has 0 saturated heterocycles. The first kappa shape index (κ1) is 13.4. The Labute approximate surface area is 99.2 Å². The molecule has 1 aromatic rings. The number of ether oxygens (including phenoxy) is 2. The lowest BCUT2D eigenvalue weighted by atomic mass is 10.4. The Hall–Kier alpha value is -0.690. The van der Waals surface area contributed by atoms with E-state index in [4.69, 9.17) is 9.47 Å². The molecule has 1 N–H and O–H groups in total. The van der Waals surface area contributed by atoms with Crippen molar-refractivity contribution in [2.45, 2.75) is 11.3 Å². The molecule has 6 heteroatoms. The van der Waals surface area contributed by atoms with Gasteiger partial charge in [-0.3, -0.25) is 0 Å². The van der Waals surface area contributed by atoms with Crippen molar-refractivity contribution in [2.24, 2.45) is 0 Å². The second kappa shape index (κ2) is 8.46. The maximum Gasteiger partial charge on any atom is 0.187 e. The van der Waals surface area contributed by atoms with E-state index in [1.165, 1.54) is 11.8 Å². The summed E-state index contributed by atoms with van der Waals surface area (Å²) in [5, 5.41) is 10.2. The molecule has 0 spiro atoms. The lowest BCUT2D eigenvalue weighted by Gasteiger charge is -2.09. The Bertz CT molecular complexity index is 274. The molecule has 0 saturated carbocycles. The van der Waals surface area contributed by atoms with Gasteiger partial charge in [0, 0.05) is 25.3 Å². The molecule has 90 valence electrons. The van der Waals surface area contributed by atoms with E-state index in [0.717, 1.165) is 0 Å². The summed E-state index contributed by atoms with van der Waals surface area (Å²) in [7, 11) is 1.61. The average molecular weight is 244 g/mol. The number of hydrogen-bond donors (Lipinski definition) is 1. The summed E-state index contributed by atoms with van der Waals surface area (Å²) in [6.45, 7) is 1.35. The van der Waals surface area contributed by atoms with Gasteiger partial charge in [-0.25, -0.2) is 9.97 Å². The fourth-order valence-electron chi connectivity index (χ4n) is 0.940. The highest BCUT2D eigenvalue weighted by molar-refractivity contribution is 7.99. The number of aliphatic hydroxyl groups excluding tert-OH is 1. The van der Waals surface area contributed by atoms with Crippen LogP contribution in [0.3, 0.4) is 0 Å². The Morgan fingerprint density at radius 3 is 2.81 bits per heavy atom. The molecule has 16 heavy (non-hydrogen) atoms. The van der Waals surface area contributed by atoms with Gasteiger partial charge in [-0.1, -0.05) is 11.8 Å². The highest BCUT2D eigenvalue weighted by atomic mass is 32.2. The SMILES string of the molecule is COCCOCC(O)CSc1ncccn1. The minimum Gasteiger partial charge on any atom is -0.390 e. The quantitative estimate of drug-likeness (QED) is 0.410. The van der Waals surface area contributed by atoms with Crippen LogP contribution in [0.5, 0.6) is 0 Å². The molecular weight excluding hydrogens is 228 g/mol. The van der Waals surface area contributed by atoms with E-state index < -0.39 is 6.10 Å². The summed E-state index contributed by atoms with van der Waals surface area (Å²) >= 11 is 1.41. The van der Waals surface area contributed by atoms with Crippen molar-refractivity contribution >= 4 is 11.8 Å². The van der Waals surface area contributed by atoms with Gasteiger partial charge in [-0.05, 0) is 6.07 Å². The molecule has 0 aliphatic carbocycles. The first-order valence-electron chi connectivity index (χ1n) is 4.97. The van der Waals surface area contributed by atoms with Crippen LogP contribution >= 0.6 is 11.8 Å². The summed E-state index contributed by atoms with van der Waals surface area (Å²) in [5.41, 5.74) is 0. The predicted molar refractivity (Wildman–Crippen MR) is 61.5 cm³/mol. The Morgan fingerprint density at radius 1 is 1.38 bits per heavy atom. The summed E-state index contributed by atoms with van der Waals surface area (Å²) in [5.74, 6) is 0.525. The number of thioether (sulfide) groups is 1. The molecule has 1 unspecified atom stereocenters. The van der Waals surface area contributed by atoms with Crippen molar-refractivity contribution in [1.82, 2.24) is 9.97 Å². The van der Waals surface area contributed by atoms with Crippen LogP contribution in [-0.2, 0) is 9.47 Å². The van der Waals surface area contributed by atoms with Gasteiger partial charge in [-0.15, -0.1) is 0 Å². The largest absolute Gasteiger partial charge is 0.390 e. The van der Waals surface area contributed by atoms with Crippen LogP contribution in [0, 0.1) is 0 Å². The molecular formula is C10H16N2O3S. The molecule has 5 nitrogen and oxygen atoms in total. The van der Waals surface area contributed by atoms with Crippen LogP contribution in [0.25, 0.3) is 0 Å². The first-order chi connectivity index (χ1) is 7.83. The van der Waals surface area contributed by atoms with E-state index in [1.54, 1.807) is 25.6 Å². The number of nitrogens with zero attached hydrogens (tertiary/aromatic N) is 2. The zero-order chi connectivity index (χ0) is 11.6. The smallest absolute Gasteiger partial charge is 0.187 e. The van der Waals surface area contributed by atoms with E-state index in [0.29, 0.717) is 30.7 Å². The summed E-state index contributed by atoms with van der Waals surface area (Å²) < 4.78 is 10.0. The molecule has 0 radical (unpaired) electrons. The number of hydrogen-bond acceptors (Lipinski definition) is 6. The summed E-state index contributed by atoms with van der Waals surface area (Å²) in [4.78, 5) is 8.08. The highest BCUT2D eigenvalue weighted by Crippen LogP contribution is 2.12. The fraction of sp³-hybridized carbons (Fsp3) is 0.600. The molecule has 0 bridgehead atoms. The van der Waals surface area contributed by atoms with Crippen molar-refractivity contribution in [3.8, 4) is 0 Å². The van der Waals surface area contributed by atoms with Gasteiger partial charge in [0.05, 0.1) is 25.9 Å². The maximum absolute atomic E-state index is 9.57. The van der Waals surface area contributed by atoms with Crippen molar-refractivity contribution in [3.05, 3.63) is 18.5 Å². The molecule has 0 amide bonds. The van der Waals surface area contributed by atoms with Crippen molar-refractivity contribution in [3.63, 3.8) is 0 Å². The first-order valence-corrected chi connectivity index (χ1v) is 5.96. The molecule has 0 aliphatic heterocycles. The van der Waals surface area contributed by atoms with Gasteiger partial charge in [0.2, 0.25) is 0 Å². The zero-order valence-electron chi connectivity index (χ0n) is 9.20. The fourth-order valence-corrected chi connectivity index (χ4v) is 1.65. The lowest BCUT2D eigenvalue weighted by molar-refractivity contribution is 0.0218. The normalized spacial score (nSPS) is 12.6. The van der Waals surface area contributed by atoms with Gasteiger partial charge in [0.1, 0.15) is 0 Å². The maximum atomic E-state index is 9.57. The standard InChI is InChI=1S/C10H16N2O3S/c1-14-5-6-15-7-9(13)8-16-10-11-3-2-4-12-10/h2-4,9,13H,5-8H2,1H3. The van der Waals surface area contributed by atoms with Crippen LogP contribution in [0.1, 0.15) is 0 Å². The van der Waals surface area contributed by atoms with E-state index in [-0.39, 0.29) is 0 Å². The van der Waals surface area contributed by atoms with Crippen LogP contribution in [0.15, 0.2) is 23.6 Å². The second-order valence-corrected chi connectivity index (χ2v) is 4.05. The minimum absolute atomic E-state index is 0.309. The van der Waals surface area contributed by atoms with Crippen molar-refractivity contribution in [1.29, 1.82) is 0 Å². The number of methoxy groups -OCH3 is 1. The third kappa shape index (κ3) is 6.02. The number of aliphatic hydroxyl groups is 1. The topological polar surface area (TPSA) is 64.5 Å². The molecule has 1 aromatic heterocycles. The average Bonchev–Trinajstić information content (AvgIpc) is 2.33. The van der Waals surface area contributed by atoms with Crippen LogP contribution in [0.2, 0.25) is 0 Å². The second-order valence-electron chi connectivity index (χ2n) is 3.06. The molecule has 0 fully saturated rings. The van der Waals surface area contributed by atoms with Gasteiger partial charge >= 0.3 is 0 Å². The number of rotatable bonds is 8. The van der Waals surface area contributed by atoms with E-state index in [2.05, 4.69) is 9.97 Å². The van der Waals surface area contributed by atoms with Crippen molar-refractivity contribution in [2.75, 3.05) is 32.7 Å². The lowest BCUT2D eigenvalue weighted by Crippen LogP contribution is -2.19. The van der Waals surface area contributed by atoms with Gasteiger partial charge in [-0.2, -0.15) is 0 Å². The van der Waals surface area contributed by atoms with Gasteiger partial charge < -0.3 is 14.6 Å². The summed E-state index contributed by atoms with van der Waals surface area (Å²) in [6, 6.07) is 1.76. The third-order valence-electron chi connectivity index (χ3n) is 1.69. The molecule has 1 rings (SSSR count). The third-order valence-corrected chi connectivity index (χ3v) is 2.71. The van der Waals surface area contributed by atoms with Gasteiger partial charge in [0.25, 0.3) is 0 Å². The monoisotopic (exact) mass is 244 g/mol. The van der Waals surface area contributed by atoms with Crippen molar-refractivity contribution < 1.29 is 14.6 Å². The molecule has 0 aromatic carbocycles. The molecule has 0 aliphatic rings. The van der Waals surface area contributed by atoms with Crippen LogP contribution < -0.4 is 0 Å². The Kier molecular flexibility index (Phi) is 7.07. The zero-order valence-corrected chi connectivity index (χ0v) is 10.0. The minimum atomic E-state index is -0.509. The summed E-state index contributed by atoms with van der Waals surface area (Å²) in [6.07, 6.45) is 2.85. The molecule has 1 heterocycles. The van der Waals surface area contributed by atoms with E-state index in [9.17, 15) is 5.11 Å². The van der Waals surface area contributed by atoms with E-state index in [1.807, 2.05) is 0 Å². The van der Waals surface area contributed by atoms with Gasteiger partial charge in [0.15, 0.2) is 5.16 Å². The number of aromatic nitrogens is 2. The molecule has 1 atom stereocenters.